The number of benzene rings is 2. The quantitative estimate of drug-likeness (QED) is 0.316. The number of carboxylic acids is 1. The second-order valence-electron chi connectivity index (χ2n) is 9.95. The number of carboxylic acid groups (broad SMARTS) is 1. The Bertz CT molecular complexity index is 1090. The number of nitrogens with zero attached hydrogens (tertiary/aromatic N) is 1. The van der Waals surface area contributed by atoms with Crippen LogP contribution in [0.3, 0.4) is 0 Å². The molecule has 1 saturated heterocycles. The van der Waals surface area contributed by atoms with Crippen LogP contribution >= 0.6 is 11.6 Å². The summed E-state index contributed by atoms with van der Waals surface area (Å²) < 4.78 is 16.4. The van der Waals surface area contributed by atoms with Gasteiger partial charge in [-0.2, -0.15) is 0 Å². The summed E-state index contributed by atoms with van der Waals surface area (Å²) in [4.78, 5) is 15.1. The molecule has 0 amide bonds. The number of rotatable bonds is 12. The van der Waals surface area contributed by atoms with E-state index in [9.17, 15) is 9.90 Å². The number of halogens is 1. The molecule has 2 aliphatic heterocycles. The smallest absolute Gasteiger partial charge is 0.309 e. The fourth-order valence-electron chi connectivity index (χ4n) is 5.54. The molecule has 2 aromatic carbocycles. The average Bonchev–Trinajstić information content (AvgIpc) is 3.53. The van der Waals surface area contributed by atoms with Crippen LogP contribution in [0.1, 0.15) is 75.5 Å². The first-order valence-electron chi connectivity index (χ1n) is 13.3. The number of hydrogen-bond donors (Lipinski definition) is 1. The van der Waals surface area contributed by atoms with E-state index < -0.39 is 11.9 Å². The van der Waals surface area contributed by atoms with Gasteiger partial charge < -0.3 is 19.3 Å². The highest BCUT2D eigenvalue weighted by molar-refractivity contribution is 6.30. The lowest BCUT2D eigenvalue weighted by Gasteiger charge is -2.28. The molecule has 2 aliphatic rings. The maximum absolute atomic E-state index is 12.8. The minimum atomic E-state index is -0.816. The molecule has 0 aliphatic carbocycles. The standard InChI is InChI=1S/C30H38ClNO5/c1-4-6-8-20(9-7-5-2)25(31)18-32-17-24(22-12-15-26-27(16-22)37-19-36-26)28(30(33)34)29(32)21-10-13-23(35-3)14-11-21/h10-16,24,28-29H,4-9,17-19H2,1-3H3,(H,33,34). The van der Waals surface area contributed by atoms with Crippen LogP contribution in [0.4, 0.5) is 0 Å². The fraction of sp³-hybridized carbons (Fsp3) is 0.500. The lowest BCUT2D eigenvalue weighted by atomic mass is 9.82. The van der Waals surface area contributed by atoms with Crippen LogP contribution in [0.5, 0.6) is 17.2 Å². The number of unbranched alkanes of at least 4 members (excludes halogenated alkanes) is 2. The Morgan fingerprint density at radius 2 is 1.68 bits per heavy atom. The number of methoxy groups -OCH3 is 1. The van der Waals surface area contributed by atoms with E-state index in [2.05, 4.69) is 18.7 Å². The zero-order chi connectivity index (χ0) is 26.4. The van der Waals surface area contributed by atoms with Crippen LogP contribution in [-0.2, 0) is 4.79 Å². The van der Waals surface area contributed by atoms with Crippen LogP contribution in [0, 0.1) is 5.92 Å². The van der Waals surface area contributed by atoms with Crippen molar-refractivity contribution >= 4 is 17.6 Å². The zero-order valence-electron chi connectivity index (χ0n) is 22.0. The third kappa shape index (κ3) is 6.24. The van der Waals surface area contributed by atoms with Gasteiger partial charge in [-0.3, -0.25) is 9.69 Å². The van der Waals surface area contributed by atoms with Crippen LogP contribution in [0.2, 0.25) is 0 Å². The van der Waals surface area contributed by atoms with Gasteiger partial charge in [0.05, 0.1) is 13.0 Å². The molecule has 0 spiro atoms. The fourth-order valence-corrected chi connectivity index (χ4v) is 5.88. The van der Waals surface area contributed by atoms with E-state index in [1.807, 2.05) is 42.5 Å². The minimum Gasteiger partial charge on any atom is -0.497 e. The summed E-state index contributed by atoms with van der Waals surface area (Å²) >= 11 is 7.03. The Kier molecular flexibility index (Phi) is 9.38. The molecule has 2 aromatic rings. The number of ether oxygens (including phenoxy) is 3. The van der Waals surface area contributed by atoms with Crippen LogP contribution in [0.15, 0.2) is 53.1 Å². The minimum absolute atomic E-state index is 0.186. The number of allylic oxidation sites excluding steroid dienone is 1. The highest BCUT2D eigenvalue weighted by Gasteiger charge is 2.47. The third-order valence-corrected chi connectivity index (χ3v) is 7.94. The number of hydrogen-bond acceptors (Lipinski definition) is 5. The van der Waals surface area contributed by atoms with Crippen molar-refractivity contribution in [2.24, 2.45) is 5.92 Å². The first-order chi connectivity index (χ1) is 18.0. The van der Waals surface area contributed by atoms with Gasteiger partial charge >= 0.3 is 5.97 Å². The number of aliphatic carboxylic acids is 1. The van der Waals surface area contributed by atoms with Crippen molar-refractivity contribution in [2.75, 3.05) is 27.0 Å². The highest BCUT2D eigenvalue weighted by atomic mass is 35.5. The Morgan fingerprint density at radius 3 is 2.30 bits per heavy atom. The summed E-state index contributed by atoms with van der Waals surface area (Å²) in [5.41, 5.74) is 3.19. The van der Waals surface area contributed by atoms with Gasteiger partial charge in [-0.05, 0) is 61.1 Å². The molecule has 0 radical (unpaired) electrons. The molecular weight excluding hydrogens is 490 g/mol. The molecule has 4 rings (SSSR count). The van der Waals surface area contributed by atoms with Gasteiger partial charge in [-0.25, -0.2) is 0 Å². The predicted octanol–water partition coefficient (Wildman–Crippen LogP) is 7.14. The largest absolute Gasteiger partial charge is 0.497 e. The predicted molar refractivity (Wildman–Crippen MR) is 146 cm³/mol. The molecule has 6 nitrogen and oxygen atoms in total. The molecule has 200 valence electrons. The van der Waals surface area contributed by atoms with Crippen LogP contribution in [0.25, 0.3) is 0 Å². The van der Waals surface area contributed by atoms with Gasteiger partial charge in [0.15, 0.2) is 11.5 Å². The number of likely N-dealkylation sites (tertiary alicyclic amines) is 1. The molecule has 0 saturated carbocycles. The summed E-state index contributed by atoms with van der Waals surface area (Å²) in [6.07, 6.45) is 6.43. The van der Waals surface area contributed by atoms with E-state index in [-0.39, 0.29) is 18.8 Å². The highest BCUT2D eigenvalue weighted by Crippen LogP contribution is 2.48. The molecule has 37 heavy (non-hydrogen) atoms. The van der Waals surface area contributed by atoms with E-state index in [1.54, 1.807) is 7.11 Å². The van der Waals surface area contributed by atoms with Gasteiger partial charge in [-0.15, -0.1) is 0 Å². The van der Waals surface area contributed by atoms with Crippen molar-refractivity contribution in [1.29, 1.82) is 0 Å². The Balaban J connectivity index is 1.72. The topological polar surface area (TPSA) is 68.2 Å². The average molecular weight is 528 g/mol. The van der Waals surface area contributed by atoms with E-state index >= 15 is 0 Å². The summed E-state index contributed by atoms with van der Waals surface area (Å²) in [5, 5.41) is 11.4. The lowest BCUT2D eigenvalue weighted by Crippen LogP contribution is -2.30. The first kappa shape index (κ1) is 27.3. The van der Waals surface area contributed by atoms with Crippen molar-refractivity contribution in [2.45, 2.75) is 64.3 Å². The van der Waals surface area contributed by atoms with Gasteiger partial charge in [0.1, 0.15) is 5.75 Å². The second-order valence-corrected chi connectivity index (χ2v) is 10.4. The third-order valence-electron chi connectivity index (χ3n) is 7.56. The van der Waals surface area contributed by atoms with E-state index in [4.69, 9.17) is 25.8 Å². The SMILES string of the molecule is CCCCC(CCCC)=C(Cl)CN1CC(c2ccc3c(c2)OCO3)C(C(=O)O)C1c1ccc(OC)cc1. The molecule has 1 N–H and O–H groups in total. The van der Waals surface area contributed by atoms with Gasteiger partial charge in [-0.1, -0.05) is 62.1 Å². The van der Waals surface area contributed by atoms with Gasteiger partial charge in [0.2, 0.25) is 6.79 Å². The second kappa shape index (κ2) is 12.7. The molecule has 2 heterocycles. The number of carbonyl (C=O) groups is 1. The first-order valence-corrected chi connectivity index (χ1v) is 13.7. The van der Waals surface area contributed by atoms with Crippen LogP contribution < -0.4 is 14.2 Å². The van der Waals surface area contributed by atoms with Crippen molar-refractivity contribution in [3.63, 3.8) is 0 Å². The maximum atomic E-state index is 12.8. The van der Waals surface area contributed by atoms with Gasteiger partial charge in [0.25, 0.3) is 0 Å². The molecule has 0 bridgehead atoms. The van der Waals surface area contributed by atoms with Crippen molar-refractivity contribution in [3.05, 3.63) is 64.2 Å². The Morgan fingerprint density at radius 1 is 1.03 bits per heavy atom. The summed E-state index contributed by atoms with van der Waals surface area (Å²) in [5.74, 6) is 0.418. The summed E-state index contributed by atoms with van der Waals surface area (Å²) in [6.45, 7) is 5.69. The summed E-state index contributed by atoms with van der Waals surface area (Å²) in [6, 6.07) is 13.2. The zero-order valence-corrected chi connectivity index (χ0v) is 22.8. The molecule has 3 atom stereocenters. The van der Waals surface area contributed by atoms with E-state index in [0.717, 1.165) is 60.4 Å². The monoisotopic (exact) mass is 527 g/mol. The van der Waals surface area contributed by atoms with Gasteiger partial charge in [0, 0.05) is 30.1 Å². The van der Waals surface area contributed by atoms with Crippen molar-refractivity contribution in [1.82, 2.24) is 4.90 Å². The van der Waals surface area contributed by atoms with Crippen LogP contribution in [-0.4, -0.2) is 43.0 Å². The van der Waals surface area contributed by atoms with Crippen molar-refractivity contribution < 1.29 is 24.1 Å². The summed E-state index contributed by atoms with van der Waals surface area (Å²) in [7, 11) is 1.63. The molecule has 7 heteroatoms. The molecular formula is C30H38ClNO5. The number of fused-ring (bicyclic) bond motifs is 1. The van der Waals surface area contributed by atoms with E-state index in [0.29, 0.717) is 24.6 Å². The Hall–Kier alpha value is -2.70. The Labute approximate surface area is 225 Å². The van der Waals surface area contributed by atoms with Crippen molar-refractivity contribution in [3.8, 4) is 17.2 Å². The molecule has 1 fully saturated rings. The molecule has 0 aromatic heterocycles. The van der Waals surface area contributed by atoms with E-state index in [1.165, 1.54) is 5.57 Å². The molecule has 3 unspecified atom stereocenters. The normalized spacial score (nSPS) is 20.7. The lowest BCUT2D eigenvalue weighted by molar-refractivity contribution is -0.143. The maximum Gasteiger partial charge on any atom is 0.309 e.